The summed E-state index contributed by atoms with van der Waals surface area (Å²) >= 11 is 6.58. The second-order valence-corrected chi connectivity index (χ2v) is 7.52. The highest BCUT2D eigenvalue weighted by Gasteiger charge is 2.37. The molecule has 3 rings (SSSR count). The molecular weight excluding hydrogens is 348 g/mol. The van der Waals surface area contributed by atoms with Crippen LogP contribution in [0.25, 0.3) is 6.08 Å². The Labute approximate surface area is 148 Å². The molecular formula is C16H16N2O4S2. The van der Waals surface area contributed by atoms with Crippen LogP contribution in [0.1, 0.15) is 37.7 Å². The van der Waals surface area contributed by atoms with Crippen LogP contribution in [0, 0.1) is 10.1 Å². The average Bonchev–Trinajstić information content (AvgIpc) is 2.83. The van der Waals surface area contributed by atoms with Crippen molar-refractivity contribution in [2.75, 3.05) is 0 Å². The van der Waals surface area contributed by atoms with E-state index in [1.165, 1.54) is 36.4 Å². The molecule has 0 atom stereocenters. The molecule has 1 aromatic rings. The maximum atomic E-state index is 12.7. The summed E-state index contributed by atoms with van der Waals surface area (Å²) in [7, 11) is 0. The van der Waals surface area contributed by atoms with E-state index in [1.807, 2.05) is 0 Å². The lowest BCUT2D eigenvalue weighted by Gasteiger charge is -2.29. The van der Waals surface area contributed by atoms with Crippen molar-refractivity contribution in [3.63, 3.8) is 0 Å². The van der Waals surface area contributed by atoms with Crippen molar-refractivity contribution in [1.82, 2.24) is 4.90 Å². The summed E-state index contributed by atoms with van der Waals surface area (Å²) in [5.74, 6) is -0.528. The van der Waals surface area contributed by atoms with Crippen molar-refractivity contribution in [3.8, 4) is 5.75 Å². The van der Waals surface area contributed by atoms with Gasteiger partial charge in [-0.25, -0.2) is 0 Å². The van der Waals surface area contributed by atoms with Gasteiger partial charge in [-0.15, -0.1) is 0 Å². The molecule has 0 bridgehead atoms. The Morgan fingerprint density at radius 1 is 1.33 bits per heavy atom. The Bertz CT molecular complexity index is 742. The number of hydrogen-bond acceptors (Lipinski definition) is 6. The summed E-state index contributed by atoms with van der Waals surface area (Å²) in [5.41, 5.74) is 0.107. The summed E-state index contributed by atoms with van der Waals surface area (Å²) in [6.45, 7) is 0. The van der Waals surface area contributed by atoms with Gasteiger partial charge in [-0.3, -0.25) is 19.8 Å². The molecule has 1 aliphatic heterocycles. The zero-order valence-corrected chi connectivity index (χ0v) is 14.4. The average molecular weight is 364 g/mol. The van der Waals surface area contributed by atoms with Gasteiger partial charge in [0.2, 0.25) is 0 Å². The van der Waals surface area contributed by atoms with Crippen LogP contribution in [0.5, 0.6) is 5.75 Å². The number of thiocarbonyl (C=S) groups is 1. The second kappa shape index (κ2) is 6.90. The third-order valence-electron chi connectivity index (χ3n) is 4.26. The quantitative estimate of drug-likeness (QED) is 0.380. The van der Waals surface area contributed by atoms with Gasteiger partial charge in [-0.2, -0.15) is 0 Å². The summed E-state index contributed by atoms with van der Waals surface area (Å²) in [5, 5.41) is 20.4. The first kappa shape index (κ1) is 16.9. The summed E-state index contributed by atoms with van der Waals surface area (Å²) in [4.78, 5) is 25.1. The standard InChI is InChI=1S/C16H16N2O4S2/c19-13-7-6-10(8-12(13)18(21)22)9-14-15(20)17(16(23)24-14)11-4-2-1-3-5-11/h6-9,11,19H,1-5H2/b14-9-. The van der Waals surface area contributed by atoms with Crippen LogP contribution in [-0.4, -0.2) is 31.2 Å². The molecule has 2 aliphatic rings. The fourth-order valence-corrected chi connectivity index (χ4v) is 4.46. The summed E-state index contributed by atoms with van der Waals surface area (Å²) in [6, 6.07) is 4.20. The summed E-state index contributed by atoms with van der Waals surface area (Å²) < 4.78 is 0.548. The smallest absolute Gasteiger partial charge is 0.311 e. The third-order valence-corrected chi connectivity index (χ3v) is 5.59. The lowest BCUT2D eigenvalue weighted by atomic mass is 9.94. The van der Waals surface area contributed by atoms with Crippen LogP contribution in [-0.2, 0) is 4.79 Å². The predicted octanol–water partition coefficient (Wildman–Crippen LogP) is 3.83. The number of hydrogen-bond donors (Lipinski definition) is 1. The minimum atomic E-state index is -0.653. The van der Waals surface area contributed by atoms with E-state index in [4.69, 9.17) is 12.2 Å². The molecule has 1 aromatic carbocycles. The molecule has 6 nitrogen and oxygen atoms in total. The number of phenolic OH excluding ortho intramolecular Hbond substituents is 1. The molecule has 24 heavy (non-hydrogen) atoms. The van der Waals surface area contributed by atoms with Gasteiger partial charge in [0.1, 0.15) is 4.32 Å². The molecule has 126 valence electrons. The van der Waals surface area contributed by atoms with Gasteiger partial charge >= 0.3 is 5.69 Å². The highest BCUT2D eigenvalue weighted by atomic mass is 32.2. The van der Waals surface area contributed by atoms with Crippen LogP contribution >= 0.6 is 24.0 Å². The van der Waals surface area contributed by atoms with E-state index in [2.05, 4.69) is 0 Å². The number of aromatic hydroxyl groups is 1. The Kier molecular flexibility index (Phi) is 4.86. The number of carbonyl (C=O) groups is 1. The maximum Gasteiger partial charge on any atom is 0.311 e. The highest BCUT2D eigenvalue weighted by molar-refractivity contribution is 8.26. The van der Waals surface area contributed by atoms with Gasteiger partial charge in [-0.05, 0) is 30.5 Å². The summed E-state index contributed by atoms with van der Waals surface area (Å²) in [6.07, 6.45) is 6.91. The number of rotatable bonds is 3. The first-order chi connectivity index (χ1) is 11.5. The third kappa shape index (κ3) is 3.29. The largest absolute Gasteiger partial charge is 0.502 e. The number of benzene rings is 1. The molecule has 2 fully saturated rings. The van der Waals surface area contributed by atoms with Crippen LogP contribution < -0.4 is 0 Å². The topological polar surface area (TPSA) is 83.7 Å². The Morgan fingerprint density at radius 3 is 2.71 bits per heavy atom. The van der Waals surface area contributed by atoms with Crippen LogP contribution in [0.15, 0.2) is 23.1 Å². The molecule has 1 heterocycles. The molecule has 1 saturated carbocycles. The molecule has 0 spiro atoms. The second-order valence-electron chi connectivity index (χ2n) is 5.85. The van der Waals surface area contributed by atoms with Gasteiger partial charge in [0.15, 0.2) is 5.75 Å². The van der Waals surface area contributed by atoms with E-state index in [0.29, 0.717) is 14.8 Å². The molecule has 1 amide bonds. The molecule has 0 radical (unpaired) electrons. The molecule has 1 saturated heterocycles. The normalized spacial score (nSPS) is 20.8. The monoisotopic (exact) mass is 364 g/mol. The van der Waals surface area contributed by atoms with Gasteiger partial charge in [-0.1, -0.05) is 49.3 Å². The number of nitrogens with zero attached hydrogens (tertiary/aromatic N) is 2. The predicted molar refractivity (Wildman–Crippen MR) is 96.6 cm³/mol. The fourth-order valence-electron chi connectivity index (χ4n) is 3.06. The van der Waals surface area contributed by atoms with Crippen molar-refractivity contribution in [2.24, 2.45) is 0 Å². The zero-order chi connectivity index (χ0) is 17.3. The van der Waals surface area contributed by atoms with Gasteiger partial charge in [0.05, 0.1) is 9.83 Å². The molecule has 8 heteroatoms. The number of amides is 1. The van der Waals surface area contributed by atoms with Crippen molar-refractivity contribution in [2.45, 2.75) is 38.1 Å². The maximum absolute atomic E-state index is 12.7. The first-order valence-corrected chi connectivity index (χ1v) is 8.94. The molecule has 0 unspecified atom stereocenters. The SMILES string of the molecule is O=C1/C(=C/c2ccc(O)c([N+](=O)[O-])c2)SC(=S)N1C1CCCCC1. The van der Waals surface area contributed by atoms with Crippen molar-refractivity contribution >= 4 is 46.0 Å². The van der Waals surface area contributed by atoms with Gasteiger partial charge in [0, 0.05) is 12.1 Å². The van der Waals surface area contributed by atoms with E-state index >= 15 is 0 Å². The van der Waals surface area contributed by atoms with Crippen molar-refractivity contribution < 1.29 is 14.8 Å². The van der Waals surface area contributed by atoms with Crippen molar-refractivity contribution in [1.29, 1.82) is 0 Å². The van der Waals surface area contributed by atoms with Crippen LogP contribution in [0.4, 0.5) is 5.69 Å². The lowest BCUT2D eigenvalue weighted by Crippen LogP contribution is -2.39. The zero-order valence-electron chi connectivity index (χ0n) is 12.8. The highest BCUT2D eigenvalue weighted by Crippen LogP contribution is 2.38. The Hall–Kier alpha value is -1.93. The minimum absolute atomic E-state index is 0.132. The Balaban J connectivity index is 1.86. The van der Waals surface area contributed by atoms with Crippen molar-refractivity contribution in [3.05, 3.63) is 38.8 Å². The molecule has 1 N–H and O–H groups in total. The Morgan fingerprint density at radius 2 is 2.04 bits per heavy atom. The number of nitro benzene ring substituents is 1. The van der Waals surface area contributed by atoms with E-state index in [1.54, 1.807) is 11.0 Å². The van der Waals surface area contributed by atoms with Crippen LogP contribution in [0.3, 0.4) is 0 Å². The van der Waals surface area contributed by atoms with E-state index in [9.17, 15) is 20.0 Å². The number of nitro groups is 1. The number of thioether (sulfide) groups is 1. The van der Waals surface area contributed by atoms with Gasteiger partial charge < -0.3 is 5.11 Å². The fraction of sp³-hybridized carbons (Fsp3) is 0.375. The van der Waals surface area contributed by atoms with Gasteiger partial charge in [0.25, 0.3) is 5.91 Å². The van der Waals surface area contributed by atoms with E-state index in [-0.39, 0.29) is 17.6 Å². The lowest BCUT2D eigenvalue weighted by molar-refractivity contribution is -0.385. The van der Waals surface area contributed by atoms with E-state index < -0.39 is 10.7 Å². The minimum Gasteiger partial charge on any atom is -0.502 e. The number of carbonyl (C=O) groups excluding carboxylic acids is 1. The number of phenols is 1. The molecule has 1 aliphatic carbocycles. The molecule has 0 aromatic heterocycles. The first-order valence-electron chi connectivity index (χ1n) is 7.72. The van der Waals surface area contributed by atoms with E-state index in [0.717, 1.165) is 25.7 Å². The van der Waals surface area contributed by atoms with Crippen LogP contribution in [0.2, 0.25) is 0 Å².